The Morgan fingerprint density at radius 3 is 2.65 bits per heavy atom. The van der Waals surface area contributed by atoms with Gasteiger partial charge in [-0.05, 0) is 31.0 Å². The van der Waals surface area contributed by atoms with Crippen LogP contribution in [0.15, 0.2) is 29.2 Å². The zero-order chi connectivity index (χ0) is 11.8. The molecule has 90 valence electrons. The fraction of sp³-hybridized carbons (Fsp3) is 0.462. The molecule has 1 amide bonds. The number of ether oxygens (including phenoxy) is 1. The monoisotopic (exact) mass is 249 g/mol. The summed E-state index contributed by atoms with van der Waals surface area (Å²) in [7, 11) is 0. The fourth-order valence-electron chi connectivity index (χ4n) is 2.60. The van der Waals surface area contributed by atoms with Gasteiger partial charge in [0, 0.05) is 23.5 Å². The normalized spacial score (nSPS) is 27.2. The highest BCUT2D eigenvalue weighted by Gasteiger charge is 2.35. The van der Waals surface area contributed by atoms with E-state index in [2.05, 4.69) is 12.6 Å². The van der Waals surface area contributed by atoms with Gasteiger partial charge in [-0.3, -0.25) is 4.79 Å². The van der Waals surface area contributed by atoms with E-state index in [1.54, 1.807) is 0 Å². The summed E-state index contributed by atoms with van der Waals surface area (Å²) in [4.78, 5) is 15.0. The molecule has 0 aromatic heterocycles. The second-order valence-corrected chi connectivity index (χ2v) is 5.23. The van der Waals surface area contributed by atoms with Crippen molar-refractivity contribution in [2.24, 2.45) is 0 Å². The van der Waals surface area contributed by atoms with Crippen molar-refractivity contribution >= 4 is 18.5 Å². The molecule has 2 unspecified atom stereocenters. The molecular weight excluding hydrogens is 234 g/mol. The summed E-state index contributed by atoms with van der Waals surface area (Å²) in [6.07, 6.45) is 2.66. The van der Waals surface area contributed by atoms with Crippen LogP contribution >= 0.6 is 12.6 Å². The SMILES string of the molecule is O=C(c1cccc(S)c1)N1CC2CCC(C1)O2. The number of carbonyl (C=O) groups is 1. The Balaban J connectivity index is 1.78. The van der Waals surface area contributed by atoms with Crippen molar-refractivity contribution in [1.82, 2.24) is 4.90 Å². The molecule has 3 rings (SSSR count). The first kappa shape index (κ1) is 11.1. The van der Waals surface area contributed by atoms with Gasteiger partial charge < -0.3 is 9.64 Å². The van der Waals surface area contributed by atoms with Crippen molar-refractivity contribution in [2.45, 2.75) is 29.9 Å². The first-order chi connectivity index (χ1) is 8.22. The van der Waals surface area contributed by atoms with E-state index in [1.165, 1.54) is 0 Å². The second-order valence-electron chi connectivity index (χ2n) is 4.72. The number of hydrogen-bond donors (Lipinski definition) is 1. The van der Waals surface area contributed by atoms with Crippen molar-refractivity contribution in [2.75, 3.05) is 13.1 Å². The number of benzene rings is 1. The third kappa shape index (κ3) is 2.19. The number of hydrogen-bond acceptors (Lipinski definition) is 3. The predicted molar refractivity (Wildman–Crippen MR) is 67.5 cm³/mol. The van der Waals surface area contributed by atoms with Crippen molar-refractivity contribution < 1.29 is 9.53 Å². The van der Waals surface area contributed by atoms with Crippen molar-refractivity contribution in [1.29, 1.82) is 0 Å². The molecule has 0 saturated carbocycles. The molecule has 2 aliphatic heterocycles. The van der Waals surface area contributed by atoms with Crippen LogP contribution in [0.4, 0.5) is 0 Å². The molecule has 3 nitrogen and oxygen atoms in total. The highest BCUT2D eigenvalue weighted by Crippen LogP contribution is 2.27. The number of amides is 1. The third-order valence-electron chi connectivity index (χ3n) is 3.42. The zero-order valence-electron chi connectivity index (χ0n) is 9.50. The number of likely N-dealkylation sites (tertiary alicyclic amines) is 1. The van der Waals surface area contributed by atoms with E-state index in [-0.39, 0.29) is 18.1 Å². The summed E-state index contributed by atoms with van der Waals surface area (Å²) in [5.41, 5.74) is 0.721. The average Bonchev–Trinajstić information content (AvgIpc) is 2.67. The Bertz CT molecular complexity index is 437. The lowest BCUT2D eigenvalue weighted by Gasteiger charge is -2.32. The molecule has 0 N–H and O–H groups in total. The Morgan fingerprint density at radius 1 is 1.29 bits per heavy atom. The molecule has 4 heteroatoms. The minimum absolute atomic E-state index is 0.0982. The molecule has 1 aromatic carbocycles. The molecule has 0 radical (unpaired) electrons. The number of nitrogens with zero attached hydrogens (tertiary/aromatic N) is 1. The molecule has 2 atom stereocenters. The van der Waals surface area contributed by atoms with Crippen LogP contribution in [0.3, 0.4) is 0 Å². The van der Waals surface area contributed by atoms with Crippen molar-refractivity contribution in [3.8, 4) is 0 Å². The largest absolute Gasteiger partial charge is 0.371 e. The van der Waals surface area contributed by atoms with Gasteiger partial charge in [-0.1, -0.05) is 6.07 Å². The van der Waals surface area contributed by atoms with Gasteiger partial charge in [0.15, 0.2) is 0 Å². The van der Waals surface area contributed by atoms with Crippen LogP contribution in [-0.2, 0) is 4.74 Å². The van der Waals surface area contributed by atoms with Crippen LogP contribution in [0, 0.1) is 0 Å². The van der Waals surface area contributed by atoms with Gasteiger partial charge in [0.05, 0.1) is 12.2 Å². The molecule has 2 heterocycles. The molecule has 2 fully saturated rings. The first-order valence-corrected chi connectivity index (χ1v) is 6.41. The Morgan fingerprint density at radius 2 is 2.00 bits per heavy atom. The van der Waals surface area contributed by atoms with Gasteiger partial charge >= 0.3 is 0 Å². The summed E-state index contributed by atoms with van der Waals surface area (Å²) in [6.45, 7) is 1.46. The van der Waals surface area contributed by atoms with Crippen LogP contribution in [0.2, 0.25) is 0 Å². The van der Waals surface area contributed by atoms with Crippen LogP contribution in [-0.4, -0.2) is 36.1 Å². The summed E-state index contributed by atoms with van der Waals surface area (Å²) in [5.74, 6) is 0.0982. The highest BCUT2D eigenvalue weighted by molar-refractivity contribution is 7.80. The topological polar surface area (TPSA) is 29.5 Å². The Hall–Kier alpha value is -1.00. The minimum atomic E-state index is 0.0982. The van der Waals surface area contributed by atoms with Crippen molar-refractivity contribution in [3.63, 3.8) is 0 Å². The summed E-state index contributed by atoms with van der Waals surface area (Å²) in [5, 5.41) is 0. The third-order valence-corrected chi connectivity index (χ3v) is 3.70. The standard InChI is InChI=1S/C13H15NO2S/c15-13(9-2-1-3-12(17)6-9)14-7-10-4-5-11(8-14)16-10/h1-3,6,10-11,17H,4-5,7-8H2. The molecule has 2 aliphatic rings. The van der Waals surface area contributed by atoms with E-state index in [0.29, 0.717) is 0 Å². The summed E-state index contributed by atoms with van der Waals surface area (Å²) >= 11 is 4.26. The van der Waals surface area contributed by atoms with E-state index in [1.807, 2.05) is 29.2 Å². The number of carbonyl (C=O) groups excluding carboxylic acids is 1. The summed E-state index contributed by atoms with van der Waals surface area (Å²) < 4.78 is 5.73. The Kier molecular flexibility index (Phi) is 2.84. The van der Waals surface area contributed by atoms with Crippen LogP contribution in [0.25, 0.3) is 0 Å². The van der Waals surface area contributed by atoms with Gasteiger partial charge in [-0.2, -0.15) is 0 Å². The Labute approximate surface area is 106 Å². The maximum atomic E-state index is 12.3. The van der Waals surface area contributed by atoms with E-state index in [0.717, 1.165) is 36.4 Å². The van der Waals surface area contributed by atoms with Gasteiger partial charge in [-0.25, -0.2) is 0 Å². The highest BCUT2D eigenvalue weighted by atomic mass is 32.1. The molecule has 1 aromatic rings. The van der Waals surface area contributed by atoms with Crippen molar-refractivity contribution in [3.05, 3.63) is 29.8 Å². The van der Waals surface area contributed by atoms with E-state index >= 15 is 0 Å². The lowest BCUT2D eigenvalue weighted by atomic mass is 10.2. The number of thiol groups is 1. The quantitative estimate of drug-likeness (QED) is 0.771. The smallest absolute Gasteiger partial charge is 0.254 e. The van der Waals surface area contributed by atoms with Gasteiger partial charge in [-0.15, -0.1) is 12.6 Å². The molecular formula is C13H15NO2S. The lowest BCUT2D eigenvalue weighted by Crippen LogP contribution is -2.45. The van der Waals surface area contributed by atoms with Crippen LogP contribution in [0.1, 0.15) is 23.2 Å². The fourth-order valence-corrected chi connectivity index (χ4v) is 2.83. The van der Waals surface area contributed by atoms with Gasteiger partial charge in [0.2, 0.25) is 0 Å². The van der Waals surface area contributed by atoms with Crippen LogP contribution < -0.4 is 0 Å². The van der Waals surface area contributed by atoms with E-state index in [4.69, 9.17) is 4.74 Å². The minimum Gasteiger partial charge on any atom is -0.371 e. The van der Waals surface area contributed by atoms with Crippen LogP contribution in [0.5, 0.6) is 0 Å². The average molecular weight is 249 g/mol. The molecule has 0 spiro atoms. The predicted octanol–water partition coefficient (Wildman–Crippen LogP) is 1.98. The molecule has 2 saturated heterocycles. The maximum absolute atomic E-state index is 12.3. The second kappa shape index (κ2) is 4.35. The first-order valence-electron chi connectivity index (χ1n) is 5.96. The zero-order valence-corrected chi connectivity index (χ0v) is 10.4. The number of fused-ring (bicyclic) bond motifs is 2. The number of morpholine rings is 1. The maximum Gasteiger partial charge on any atom is 0.254 e. The van der Waals surface area contributed by atoms with Gasteiger partial charge in [0.25, 0.3) is 5.91 Å². The van der Waals surface area contributed by atoms with E-state index in [9.17, 15) is 4.79 Å². The molecule has 0 aliphatic carbocycles. The molecule has 17 heavy (non-hydrogen) atoms. The number of rotatable bonds is 1. The molecule has 2 bridgehead atoms. The summed E-state index contributed by atoms with van der Waals surface area (Å²) in [6, 6.07) is 7.41. The lowest BCUT2D eigenvalue weighted by molar-refractivity contribution is -0.0303. The van der Waals surface area contributed by atoms with Gasteiger partial charge in [0.1, 0.15) is 0 Å². The van der Waals surface area contributed by atoms with E-state index < -0.39 is 0 Å².